The standard InChI is InChI=1S/C22H33NO3Si/c1-24-27(25-2,26-3)20-10-17-23(18-15-21-11-6-4-7-12-21)19-16-22-13-8-5-9-14-22/h4-9,11-14H,10,15-20H2,1-3H3. The second kappa shape index (κ2) is 12.1. The van der Waals surface area contributed by atoms with Crippen molar-refractivity contribution < 1.29 is 13.3 Å². The number of hydrogen-bond acceptors (Lipinski definition) is 4. The molecule has 0 bridgehead atoms. The van der Waals surface area contributed by atoms with Crippen molar-refractivity contribution in [2.75, 3.05) is 41.0 Å². The van der Waals surface area contributed by atoms with Crippen LogP contribution in [0.4, 0.5) is 0 Å². The van der Waals surface area contributed by atoms with Crippen LogP contribution in [0.5, 0.6) is 0 Å². The largest absolute Gasteiger partial charge is 0.500 e. The predicted octanol–water partition coefficient (Wildman–Crippen LogP) is 4.04. The van der Waals surface area contributed by atoms with E-state index in [2.05, 4.69) is 65.6 Å². The van der Waals surface area contributed by atoms with Gasteiger partial charge in [0.1, 0.15) is 0 Å². The van der Waals surface area contributed by atoms with Crippen LogP contribution in [0, 0.1) is 0 Å². The fourth-order valence-electron chi connectivity index (χ4n) is 3.27. The first-order chi connectivity index (χ1) is 13.2. The Balaban J connectivity index is 1.89. The van der Waals surface area contributed by atoms with Gasteiger partial charge in [0.05, 0.1) is 0 Å². The van der Waals surface area contributed by atoms with Crippen LogP contribution >= 0.6 is 0 Å². The summed E-state index contributed by atoms with van der Waals surface area (Å²) >= 11 is 0. The van der Waals surface area contributed by atoms with E-state index in [1.165, 1.54) is 11.1 Å². The third kappa shape index (κ3) is 7.56. The Bertz CT molecular complexity index is 568. The van der Waals surface area contributed by atoms with Crippen molar-refractivity contribution in [3.8, 4) is 0 Å². The Labute approximate surface area is 165 Å². The average molecular weight is 388 g/mol. The minimum absolute atomic E-state index is 0.837. The summed E-state index contributed by atoms with van der Waals surface area (Å²) in [6.07, 6.45) is 3.14. The van der Waals surface area contributed by atoms with E-state index in [1.54, 1.807) is 21.3 Å². The zero-order valence-electron chi connectivity index (χ0n) is 16.9. The van der Waals surface area contributed by atoms with Crippen molar-refractivity contribution in [1.82, 2.24) is 4.90 Å². The van der Waals surface area contributed by atoms with E-state index in [0.29, 0.717) is 0 Å². The molecule has 2 aromatic rings. The molecular weight excluding hydrogens is 354 g/mol. The van der Waals surface area contributed by atoms with Crippen LogP contribution in [-0.2, 0) is 26.1 Å². The predicted molar refractivity (Wildman–Crippen MR) is 113 cm³/mol. The molecule has 2 rings (SSSR count). The summed E-state index contributed by atoms with van der Waals surface area (Å²) in [5, 5.41) is 0. The minimum Gasteiger partial charge on any atom is -0.377 e. The summed E-state index contributed by atoms with van der Waals surface area (Å²) in [6.45, 7) is 3.13. The van der Waals surface area contributed by atoms with Gasteiger partial charge in [-0.1, -0.05) is 60.7 Å². The average Bonchev–Trinajstić information content (AvgIpc) is 2.74. The van der Waals surface area contributed by atoms with E-state index >= 15 is 0 Å². The molecule has 0 aromatic heterocycles. The molecule has 148 valence electrons. The van der Waals surface area contributed by atoms with E-state index in [1.807, 2.05) is 0 Å². The van der Waals surface area contributed by atoms with Crippen LogP contribution in [0.1, 0.15) is 17.5 Å². The van der Waals surface area contributed by atoms with Gasteiger partial charge in [-0.15, -0.1) is 0 Å². The van der Waals surface area contributed by atoms with Crippen molar-refractivity contribution in [2.45, 2.75) is 25.3 Å². The van der Waals surface area contributed by atoms with Crippen molar-refractivity contribution >= 4 is 8.80 Å². The lowest BCUT2D eigenvalue weighted by Gasteiger charge is -2.27. The SMILES string of the molecule is CO[Si](CCCN(CCc1ccccc1)CCc1ccccc1)(OC)OC. The third-order valence-corrected chi connectivity index (χ3v) is 7.84. The molecule has 0 N–H and O–H groups in total. The lowest BCUT2D eigenvalue weighted by molar-refractivity contribution is 0.121. The third-order valence-electron chi connectivity index (χ3n) is 5.01. The summed E-state index contributed by atoms with van der Waals surface area (Å²) in [4.78, 5) is 2.54. The Kier molecular flexibility index (Phi) is 9.73. The highest BCUT2D eigenvalue weighted by Crippen LogP contribution is 2.16. The van der Waals surface area contributed by atoms with Gasteiger partial charge in [0.15, 0.2) is 0 Å². The highest BCUT2D eigenvalue weighted by atomic mass is 28.4. The van der Waals surface area contributed by atoms with Gasteiger partial charge < -0.3 is 18.2 Å². The molecule has 0 fully saturated rings. The maximum absolute atomic E-state index is 5.55. The van der Waals surface area contributed by atoms with Gasteiger partial charge in [-0.3, -0.25) is 0 Å². The summed E-state index contributed by atoms with van der Waals surface area (Å²) in [5.41, 5.74) is 2.77. The van der Waals surface area contributed by atoms with Crippen LogP contribution in [0.15, 0.2) is 60.7 Å². The second-order valence-electron chi connectivity index (χ2n) is 6.71. The van der Waals surface area contributed by atoms with Crippen LogP contribution in [-0.4, -0.2) is 54.7 Å². The van der Waals surface area contributed by atoms with Gasteiger partial charge >= 0.3 is 8.80 Å². The lowest BCUT2D eigenvalue weighted by atomic mass is 10.1. The molecule has 0 aliphatic rings. The Morgan fingerprint density at radius 2 is 1.11 bits per heavy atom. The van der Waals surface area contributed by atoms with Crippen molar-refractivity contribution in [3.63, 3.8) is 0 Å². The fourth-order valence-corrected chi connectivity index (χ4v) is 4.98. The Morgan fingerprint density at radius 1 is 0.667 bits per heavy atom. The Hall–Kier alpha value is -1.50. The van der Waals surface area contributed by atoms with Crippen LogP contribution in [0.2, 0.25) is 6.04 Å². The van der Waals surface area contributed by atoms with E-state index in [-0.39, 0.29) is 0 Å². The highest BCUT2D eigenvalue weighted by Gasteiger charge is 2.36. The minimum atomic E-state index is -2.48. The first-order valence-corrected chi connectivity index (χ1v) is 11.6. The smallest absolute Gasteiger partial charge is 0.377 e. The molecule has 0 saturated carbocycles. The van der Waals surface area contributed by atoms with Crippen LogP contribution in [0.25, 0.3) is 0 Å². The molecule has 0 amide bonds. The molecule has 2 aromatic carbocycles. The molecule has 0 atom stereocenters. The van der Waals surface area contributed by atoms with E-state index in [4.69, 9.17) is 13.3 Å². The first kappa shape index (κ1) is 21.8. The topological polar surface area (TPSA) is 30.9 Å². The van der Waals surface area contributed by atoms with Gasteiger partial charge in [0.25, 0.3) is 0 Å². The van der Waals surface area contributed by atoms with Crippen molar-refractivity contribution in [2.24, 2.45) is 0 Å². The highest BCUT2D eigenvalue weighted by molar-refractivity contribution is 6.60. The maximum atomic E-state index is 5.55. The molecule has 4 nitrogen and oxygen atoms in total. The molecule has 0 heterocycles. The molecule has 5 heteroatoms. The number of benzene rings is 2. The zero-order chi connectivity index (χ0) is 19.4. The Morgan fingerprint density at radius 3 is 1.52 bits per heavy atom. The van der Waals surface area contributed by atoms with Gasteiger partial charge in [-0.2, -0.15) is 0 Å². The van der Waals surface area contributed by atoms with Crippen molar-refractivity contribution in [1.29, 1.82) is 0 Å². The number of rotatable bonds is 13. The molecule has 0 saturated heterocycles. The maximum Gasteiger partial charge on any atom is 0.500 e. The molecule has 27 heavy (non-hydrogen) atoms. The monoisotopic (exact) mass is 387 g/mol. The number of hydrogen-bond donors (Lipinski definition) is 0. The van der Waals surface area contributed by atoms with Crippen LogP contribution < -0.4 is 0 Å². The van der Waals surface area contributed by atoms with E-state index < -0.39 is 8.80 Å². The normalized spacial score (nSPS) is 11.9. The summed E-state index contributed by atoms with van der Waals surface area (Å²) in [6, 6.07) is 22.2. The summed E-state index contributed by atoms with van der Waals surface area (Å²) < 4.78 is 16.7. The van der Waals surface area contributed by atoms with E-state index in [9.17, 15) is 0 Å². The van der Waals surface area contributed by atoms with Crippen molar-refractivity contribution in [3.05, 3.63) is 71.8 Å². The van der Waals surface area contributed by atoms with Gasteiger partial charge in [0, 0.05) is 40.5 Å². The summed E-state index contributed by atoms with van der Waals surface area (Å²) in [5.74, 6) is 0. The van der Waals surface area contributed by atoms with Gasteiger partial charge in [0.2, 0.25) is 0 Å². The molecular formula is C22H33NO3Si. The van der Waals surface area contributed by atoms with Gasteiger partial charge in [-0.05, 0) is 36.9 Å². The summed E-state index contributed by atoms with van der Waals surface area (Å²) in [7, 11) is 2.56. The fraction of sp³-hybridized carbons (Fsp3) is 0.455. The molecule has 0 spiro atoms. The molecule has 0 aliphatic heterocycles. The first-order valence-electron chi connectivity index (χ1n) is 9.67. The lowest BCUT2D eigenvalue weighted by Crippen LogP contribution is -2.43. The van der Waals surface area contributed by atoms with E-state index in [0.717, 1.165) is 44.9 Å². The van der Waals surface area contributed by atoms with Gasteiger partial charge in [-0.25, -0.2) is 0 Å². The molecule has 0 unspecified atom stereocenters. The molecule has 0 radical (unpaired) electrons. The quantitative estimate of drug-likeness (QED) is 0.485. The number of nitrogens with zero attached hydrogens (tertiary/aromatic N) is 1. The van der Waals surface area contributed by atoms with Crippen LogP contribution in [0.3, 0.4) is 0 Å². The second-order valence-corrected chi connectivity index (χ2v) is 9.80. The molecule has 0 aliphatic carbocycles. The zero-order valence-corrected chi connectivity index (χ0v) is 17.9.